The number of hydrogen-bond acceptors (Lipinski definition) is 5. The van der Waals surface area contributed by atoms with Crippen molar-refractivity contribution < 1.29 is 9.53 Å². The normalized spacial score (nSPS) is 10.8. The molecule has 2 aromatic carbocycles. The van der Waals surface area contributed by atoms with E-state index in [0.29, 0.717) is 35.6 Å². The van der Waals surface area contributed by atoms with E-state index < -0.39 is 0 Å². The molecule has 0 bridgehead atoms. The van der Waals surface area contributed by atoms with Crippen LogP contribution in [0.1, 0.15) is 23.9 Å². The molecule has 0 fully saturated rings. The first-order valence-electron chi connectivity index (χ1n) is 9.81. The van der Waals surface area contributed by atoms with E-state index in [1.807, 2.05) is 54.8 Å². The topological polar surface area (TPSA) is 69.0 Å². The molecule has 8 heteroatoms. The summed E-state index contributed by atoms with van der Waals surface area (Å²) in [7, 11) is 0. The van der Waals surface area contributed by atoms with E-state index in [-0.39, 0.29) is 5.91 Å². The molecule has 6 nitrogen and oxygen atoms in total. The maximum atomic E-state index is 12.2. The average molecular weight is 445 g/mol. The van der Waals surface area contributed by atoms with Gasteiger partial charge in [-0.2, -0.15) is 0 Å². The summed E-state index contributed by atoms with van der Waals surface area (Å²) in [5, 5.41) is 12.8. The highest BCUT2D eigenvalue weighted by Crippen LogP contribution is 2.22. The lowest BCUT2D eigenvalue weighted by Crippen LogP contribution is -2.27. The molecule has 0 spiro atoms. The zero-order chi connectivity index (χ0) is 21.3. The smallest absolute Gasteiger partial charge is 0.230 e. The van der Waals surface area contributed by atoms with Gasteiger partial charge in [0.15, 0.2) is 11.0 Å². The number of carbonyl (C=O) groups excluding carboxylic acids is 1. The van der Waals surface area contributed by atoms with Crippen molar-refractivity contribution in [2.75, 3.05) is 12.3 Å². The number of benzene rings is 2. The summed E-state index contributed by atoms with van der Waals surface area (Å²) < 4.78 is 7.80. The minimum atomic E-state index is -0.0176. The third-order valence-electron chi connectivity index (χ3n) is 4.52. The monoisotopic (exact) mass is 444 g/mol. The van der Waals surface area contributed by atoms with Crippen molar-refractivity contribution in [2.45, 2.75) is 38.6 Å². The highest BCUT2D eigenvalue weighted by molar-refractivity contribution is 7.99. The third kappa shape index (κ3) is 6.24. The standard InChI is InChI=1S/C22H25ClN4O2S/c1-3-27-20(14-29-18-9-10-19(23)16(2)13-18)25-26-22(27)30-15-21(28)24-12-11-17-7-5-4-6-8-17/h4-10,13H,3,11-12,14-15H2,1-2H3,(H,24,28). The van der Waals surface area contributed by atoms with Gasteiger partial charge in [0.25, 0.3) is 0 Å². The summed E-state index contributed by atoms with van der Waals surface area (Å²) in [5.41, 5.74) is 2.16. The van der Waals surface area contributed by atoms with Crippen LogP contribution in [0.15, 0.2) is 53.7 Å². The Morgan fingerprint density at radius 3 is 2.73 bits per heavy atom. The Morgan fingerprint density at radius 2 is 2.00 bits per heavy atom. The van der Waals surface area contributed by atoms with Gasteiger partial charge in [-0.3, -0.25) is 4.79 Å². The van der Waals surface area contributed by atoms with E-state index in [0.717, 1.165) is 23.6 Å². The summed E-state index contributed by atoms with van der Waals surface area (Å²) in [6, 6.07) is 15.6. The molecule has 0 atom stereocenters. The van der Waals surface area contributed by atoms with Crippen LogP contribution >= 0.6 is 23.4 Å². The fourth-order valence-corrected chi connectivity index (χ4v) is 3.85. The molecule has 0 aliphatic rings. The van der Waals surface area contributed by atoms with Crippen LogP contribution in [0.4, 0.5) is 0 Å². The van der Waals surface area contributed by atoms with Crippen LogP contribution in [0.3, 0.4) is 0 Å². The van der Waals surface area contributed by atoms with E-state index in [4.69, 9.17) is 16.3 Å². The molecule has 0 aliphatic heterocycles. The quantitative estimate of drug-likeness (QED) is 0.472. The molecule has 158 valence electrons. The summed E-state index contributed by atoms with van der Waals surface area (Å²) in [5.74, 6) is 1.73. The van der Waals surface area contributed by atoms with Crippen molar-refractivity contribution in [3.63, 3.8) is 0 Å². The number of carbonyl (C=O) groups is 1. The first kappa shape index (κ1) is 22.2. The second-order valence-corrected chi connectivity index (χ2v) is 8.07. The number of ether oxygens (including phenoxy) is 1. The van der Waals surface area contributed by atoms with Crippen molar-refractivity contribution >= 4 is 29.3 Å². The molecule has 0 radical (unpaired) electrons. The van der Waals surface area contributed by atoms with Crippen LogP contribution in [0.5, 0.6) is 5.75 Å². The molecule has 0 unspecified atom stereocenters. The van der Waals surface area contributed by atoms with Crippen LogP contribution in [-0.4, -0.2) is 33.0 Å². The third-order valence-corrected chi connectivity index (χ3v) is 5.91. The molecular formula is C22H25ClN4O2S. The van der Waals surface area contributed by atoms with Crippen LogP contribution in [0, 0.1) is 6.92 Å². The number of thioether (sulfide) groups is 1. The summed E-state index contributed by atoms with van der Waals surface area (Å²) in [4.78, 5) is 12.2. The summed E-state index contributed by atoms with van der Waals surface area (Å²) in [6.07, 6.45) is 0.814. The number of nitrogens with zero attached hydrogens (tertiary/aromatic N) is 3. The van der Waals surface area contributed by atoms with Crippen molar-refractivity contribution in [1.82, 2.24) is 20.1 Å². The lowest BCUT2D eigenvalue weighted by molar-refractivity contribution is -0.118. The van der Waals surface area contributed by atoms with E-state index in [1.54, 1.807) is 0 Å². The predicted molar refractivity (Wildman–Crippen MR) is 120 cm³/mol. The van der Waals surface area contributed by atoms with Crippen molar-refractivity contribution in [1.29, 1.82) is 0 Å². The highest BCUT2D eigenvalue weighted by Gasteiger charge is 2.14. The van der Waals surface area contributed by atoms with Crippen molar-refractivity contribution in [2.24, 2.45) is 0 Å². The minimum Gasteiger partial charge on any atom is -0.486 e. The molecule has 1 amide bonds. The van der Waals surface area contributed by atoms with Crippen LogP contribution in [0.25, 0.3) is 0 Å². The van der Waals surface area contributed by atoms with E-state index in [9.17, 15) is 4.79 Å². The van der Waals surface area contributed by atoms with Crippen molar-refractivity contribution in [3.05, 3.63) is 70.5 Å². The van der Waals surface area contributed by atoms with E-state index in [1.165, 1.54) is 17.3 Å². The zero-order valence-electron chi connectivity index (χ0n) is 17.1. The van der Waals surface area contributed by atoms with E-state index >= 15 is 0 Å². The van der Waals surface area contributed by atoms with Gasteiger partial charge in [-0.25, -0.2) is 0 Å². The Kier molecular flexibility index (Phi) is 8.16. The highest BCUT2D eigenvalue weighted by atomic mass is 35.5. The molecule has 1 heterocycles. The number of hydrogen-bond donors (Lipinski definition) is 1. The molecule has 3 aromatic rings. The van der Waals surface area contributed by atoms with Gasteiger partial charge in [0.1, 0.15) is 12.4 Å². The second-order valence-electron chi connectivity index (χ2n) is 6.72. The van der Waals surface area contributed by atoms with Crippen molar-refractivity contribution in [3.8, 4) is 5.75 Å². The number of nitrogens with one attached hydrogen (secondary N) is 1. The maximum Gasteiger partial charge on any atom is 0.230 e. The van der Waals surface area contributed by atoms with Gasteiger partial charge in [-0.1, -0.05) is 53.7 Å². The predicted octanol–water partition coefficient (Wildman–Crippen LogP) is 4.29. The van der Waals surface area contributed by atoms with Gasteiger partial charge in [0.05, 0.1) is 5.75 Å². The molecule has 0 aliphatic carbocycles. The number of rotatable bonds is 10. The lowest BCUT2D eigenvalue weighted by atomic mass is 10.1. The number of amides is 1. The SMILES string of the molecule is CCn1c(COc2ccc(Cl)c(C)c2)nnc1SCC(=O)NCCc1ccccc1. The maximum absolute atomic E-state index is 12.2. The second kappa shape index (κ2) is 11.0. The molecule has 1 aromatic heterocycles. The van der Waals surface area contributed by atoms with Gasteiger partial charge in [-0.05, 0) is 49.6 Å². The molecule has 0 saturated carbocycles. The molecule has 0 saturated heterocycles. The van der Waals surface area contributed by atoms with Gasteiger partial charge in [0.2, 0.25) is 5.91 Å². The fraction of sp³-hybridized carbons (Fsp3) is 0.318. The van der Waals surface area contributed by atoms with E-state index in [2.05, 4.69) is 27.6 Å². The fourth-order valence-electron chi connectivity index (χ4n) is 2.88. The largest absolute Gasteiger partial charge is 0.486 e. The van der Waals surface area contributed by atoms with Crippen LogP contribution in [0.2, 0.25) is 5.02 Å². The van der Waals surface area contributed by atoms with Crippen LogP contribution < -0.4 is 10.1 Å². The van der Waals surface area contributed by atoms with Gasteiger partial charge >= 0.3 is 0 Å². The Morgan fingerprint density at radius 1 is 1.20 bits per heavy atom. The van der Waals surface area contributed by atoms with Gasteiger partial charge < -0.3 is 14.6 Å². The number of aromatic nitrogens is 3. The Bertz CT molecular complexity index is 979. The Labute approximate surface area is 186 Å². The molecule has 30 heavy (non-hydrogen) atoms. The van der Waals surface area contributed by atoms with Gasteiger partial charge in [0, 0.05) is 18.1 Å². The first-order chi connectivity index (χ1) is 14.6. The summed E-state index contributed by atoms with van der Waals surface area (Å²) in [6.45, 7) is 5.56. The molecular weight excluding hydrogens is 420 g/mol. The molecule has 3 rings (SSSR count). The zero-order valence-corrected chi connectivity index (χ0v) is 18.7. The number of aryl methyl sites for hydroxylation is 1. The molecule has 1 N–H and O–H groups in total. The van der Waals surface area contributed by atoms with Gasteiger partial charge in [-0.15, -0.1) is 10.2 Å². The number of halogens is 1. The minimum absolute atomic E-state index is 0.0176. The Balaban J connectivity index is 1.48. The van der Waals surface area contributed by atoms with Crippen LogP contribution in [-0.2, 0) is 24.4 Å². The average Bonchev–Trinajstić information content (AvgIpc) is 3.15. The Hall–Kier alpha value is -2.51. The lowest BCUT2D eigenvalue weighted by Gasteiger charge is -2.10. The summed E-state index contributed by atoms with van der Waals surface area (Å²) >= 11 is 7.43. The first-order valence-corrected chi connectivity index (χ1v) is 11.2.